The number of rotatable bonds is 2. The summed E-state index contributed by atoms with van der Waals surface area (Å²) < 4.78 is 25.7. The summed E-state index contributed by atoms with van der Waals surface area (Å²) >= 11 is 0. The van der Waals surface area contributed by atoms with Crippen LogP contribution in [0.25, 0.3) is 22.3 Å². The fourth-order valence-corrected chi connectivity index (χ4v) is 4.07. The third kappa shape index (κ3) is 3.13. The summed E-state index contributed by atoms with van der Waals surface area (Å²) in [6, 6.07) is 10.3. The number of halogens is 1. The van der Waals surface area contributed by atoms with Crippen LogP contribution in [-0.4, -0.2) is 26.4 Å². The van der Waals surface area contributed by atoms with Crippen LogP contribution in [0.15, 0.2) is 57.7 Å². The van der Waals surface area contributed by atoms with Crippen LogP contribution >= 0.6 is 0 Å². The lowest BCUT2D eigenvalue weighted by Crippen LogP contribution is -2.22. The fraction of sp³-hybridized carbons (Fsp3) is 0.0833. The summed E-state index contributed by atoms with van der Waals surface area (Å²) in [6.45, 7) is 0. The second-order valence-corrected chi connectivity index (χ2v) is 7.58. The summed E-state index contributed by atoms with van der Waals surface area (Å²) in [4.78, 5) is 25.2. The van der Waals surface area contributed by atoms with E-state index in [0.717, 1.165) is 18.2 Å². The summed E-state index contributed by atoms with van der Waals surface area (Å²) in [5, 5.41) is 40.0. The van der Waals surface area contributed by atoms with Gasteiger partial charge in [-0.25, -0.2) is 4.39 Å². The Hall–Kier alpha value is -4.53. The van der Waals surface area contributed by atoms with E-state index in [4.69, 9.17) is 9.15 Å². The minimum absolute atomic E-state index is 0.0501. The SMILES string of the molecule is O=C1C[C@@H](c2ccccc2F)c2c(cc(O)c3c(=O)c(O)c(-c4ccc(O)c(O)c4)oc23)O1. The maximum Gasteiger partial charge on any atom is 0.312 e. The minimum atomic E-state index is -0.983. The van der Waals surface area contributed by atoms with Gasteiger partial charge in [-0.1, -0.05) is 18.2 Å². The summed E-state index contributed by atoms with van der Waals surface area (Å²) in [5.41, 5.74) is -0.843. The van der Waals surface area contributed by atoms with Gasteiger partial charge >= 0.3 is 5.97 Å². The number of fused-ring (bicyclic) bond motifs is 3. The minimum Gasteiger partial charge on any atom is -0.507 e. The van der Waals surface area contributed by atoms with E-state index in [1.165, 1.54) is 24.3 Å². The molecular weight excluding hydrogens is 435 g/mol. The van der Waals surface area contributed by atoms with Gasteiger partial charge in [0.25, 0.3) is 0 Å². The molecule has 5 rings (SSSR count). The molecule has 4 aromatic rings. The van der Waals surface area contributed by atoms with Crippen molar-refractivity contribution in [3.63, 3.8) is 0 Å². The van der Waals surface area contributed by atoms with Crippen molar-refractivity contribution in [2.75, 3.05) is 0 Å². The lowest BCUT2D eigenvalue weighted by molar-refractivity contribution is -0.135. The highest BCUT2D eigenvalue weighted by molar-refractivity contribution is 5.94. The number of aromatic hydroxyl groups is 4. The topological polar surface area (TPSA) is 137 Å². The lowest BCUT2D eigenvalue weighted by Gasteiger charge is -2.26. The Bertz CT molecular complexity index is 1520. The quantitative estimate of drug-likeness (QED) is 0.205. The normalized spacial score (nSPS) is 15.3. The summed E-state index contributed by atoms with van der Waals surface area (Å²) in [6.07, 6.45) is -0.256. The second kappa shape index (κ2) is 7.27. The molecule has 0 saturated heterocycles. The van der Waals surface area contributed by atoms with E-state index in [2.05, 4.69) is 0 Å². The molecule has 9 heteroatoms. The zero-order valence-corrected chi connectivity index (χ0v) is 16.7. The highest BCUT2D eigenvalue weighted by Gasteiger charge is 2.35. The molecule has 166 valence electrons. The van der Waals surface area contributed by atoms with Crippen LogP contribution in [0.3, 0.4) is 0 Å². The van der Waals surface area contributed by atoms with Gasteiger partial charge in [-0.2, -0.15) is 0 Å². The molecule has 8 nitrogen and oxygen atoms in total. The van der Waals surface area contributed by atoms with Crippen molar-refractivity contribution in [3.05, 3.63) is 75.7 Å². The van der Waals surface area contributed by atoms with Crippen LogP contribution in [0.1, 0.15) is 23.5 Å². The van der Waals surface area contributed by atoms with Crippen LogP contribution in [0, 0.1) is 5.82 Å². The molecule has 0 radical (unpaired) electrons. The molecule has 1 atom stereocenters. The standard InChI is InChI=1S/C24H15FO8/c25-13-4-2-1-3-11(13)12-8-18(29)32-17-9-16(28)20-21(30)22(31)23(33-24(20)19(12)17)10-5-6-14(26)15(27)7-10/h1-7,9,12,26-28,31H,8H2/t12-/m0/s1. The Morgan fingerprint density at radius 1 is 0.909 bits per heavy atom. The predicted molar refractivity (Wildman–Crippen MR) is 113 cm³/mol. The first-order valence-electron chi connectivity index (χ1n) is 9.79. The number of phenolic OH excluding ortho intramolecular Hbond substituents is 3. The molecule has 1 aromatic heterocycles. The van der Waals surface area contributed by atoms with E-state index >= 15 is 0 Å². The van der Waals surface area contributed by atoms with Gasteiger partial charge in [0.15, 0.2) is 17.3 Å². The monoisotopic (exact) mass is 450 g/mol. The zero-order chi connectivity index (χ0) is 23.4. The predicted octanol–water partition coefficient (Wildman–Crippen LogP) is 3.86. The fourth-order valence-electron chi connectivity index (χ4n) is 4.07. The van der Waals surface area contributed by atoms with Crippen molar-refractivity contribution in [1.82, 2.24) is 0 Å². The maximum atomic E-state index is 14.7. The molecule has 4 N–H and O–H groups in total. The third-order valence-corrected chi connectivity index (χ3v) is 5.58. The number of ether oxygens (including phenoxy) is 1. The number of phenols is 3. The molecule has 1 aliphatic heterocycles. The van der Waals surface area contributed by atoms with Crippen LogP contribution in [0.4, 0.5) is 4.39 Å². The van der Waals surface area contributed by atoms with Gasteiger partial charge in [0.1, 0.15) is 28.3 Å². The Labute approximate surface area is 184 Å². The molecule has 0 saturated carbocycles. The van der Waals surface area contributed by atoms with Crippen molar-refractivity contribution in [1.29, 1.82) is 0 Å². The average molecular weight is 450 g/mol. The maximum absolute atomic E-state index is 14.7. The van der Waals surface area contributed by atoms with Gasteiger partial charge < -0.3 is 29.6 Å². The van der Waals surface area contributed by atoms with Crippen molar-refractivity contribution in [3.8, 4) is 40.1 Å². The van der Waals surface area contributed by atoms with E-state index in [9.17, 15) is 34.4 Å². The molecule has 0 bridgehead atoms. The van der Waals surface area contributed by atoms with Crippen molar-refractivity contribution >= 4 is 16.9 Å². The Balaban J connectivity index is 1.88. The first kappa shape index (κ1) is 20.4. The van der Waals surface area contributed by atoms with Crippen LogP contribution in [0.5, 0.6) is 28.7 Å². The smallest absolute Gasteiger partial charge is 0.312 e. The van der Waals surface area contributed by atoms with E-state index in [-0.39, 0.29) is 45.6 Å². The lowest BCUT2D eigenvalue weighted by atomic mass is 9.84. The molecule has 3 aromatic carbocycles. The second-order valence-electron chi connectivity index (χ2n) is 7.58. The van der Waals surface area contributed by atoms with Gasteiger partial charge in [-0.3, -0.25) is 9.59 Å². The zero-order valence-electron chi connectivity index (χ0n) is 16.7. The first-order chi connectivity index (χ1) is 15.8. The molecule has 0 spiro atoms. The number of hydrogen-bond acceptors (Lipinski definition) is 8. The largest absolute Gasteiger partial charge is 0.507 e. The van der Waals surface area contributed by atoms with Gasteiger partial charge in [-0.15, -0.1) is 0 Å². The average Bonchev–Trinajstić information content (AvgIpc) is 2.77. The molecular formula is C24H15FO8. The van der Waals surface area contributed by atoms with Gasteiger partial charge in [0.05, 0.1) is 6.42 Å². The van der Waals surface area contributed by atoms with Crippen molar-refractivity contribution in [2.24, 2.45) is 0 Å². The molecule has 2 heterocycles. The number of hydrogen-bond donors (Lipinski definition) is 4. The van der Waals surface area contributed by atoms with Crippen molar-refractivity contribution in [2.45, 2.75) is 12.3 Å². The van der Waals surface area contributed by atoms with Gasteiger partial charge in [0, 0.05) is 23.1 Å². The van der Waals surface area contributed by atoms with E-state index in [1.807, 2.05) is 0 Å². The number of carbonyl (C=O) groups is 1. The highest BCUT2D eigenvalue weighted by atomic mass is 19.1. The van der Waals surface area contributed by atoms with Crippen LogP contribution < -0.4 is 10.2 Å². The van der Waals surface area contributed by atoms with Crippen molar-refractivity contribution < 1.29 is 38.8 Å². The van der Waals surface area contributed by atoms with Crippen LogP contribution in [-0.2, 0) is 4.79 Å². The van der Waals surface area contributed by atoms with Gasteiger partial charge in [-0.05, 0) is 29.8 Å². The summed E-state index contributed by atoms with van der Waals surface area (Å²) in [7, 11) is 0. The number of benzene rings is 3. The van der Waals surface area contributed by atoms with E-state index < -0.39 is 46.1 Å². The third-order valence-electron chi connectivity index (χ3n) is 5.58. The molecule has 0 aliphatic carbocycles. The Morgan fingerprint density at radius 2 is 1.67 bits per heavy atom. The highest BCUT2D eigenvalue weighted by Crippen LogP contribution is 2.47. The van der Waals surface area contributed by atoms with Gasteiger partial charge in [0.2, 0.25) is 11.2 Å². The first-order valence-corrected chi connectivity index (χ1v) is 9.79. The summed E-state index contributed by atoms with van der Waals surface area (Å²) in [5.74, 6) is -5.04. The van der Waals surface area contributed by atoms with E-state index in [1.54, 1.807) is 6.07 Å². The number of carbonyl (C=O) groups excluding carboxylic acids is 1. The number of esters is 1. The molecule has 0 amide bonds. The Kier molecular flexibility index (Phi) is 4.49. The molecule has 1 aliphatic rings. The van der Waals surface area contributed by atoms with E-state index in [0.29, 0.717) is 0 Å². The Morgan fingerprint density at radius 3 is 2.39 bits per heavy atom. The molecule has 0 fully saturated rings. The molecule has 0 unspecified atom stereocenters. The molecule has 33 heavy (non-hydrogen) atoms. The van der Waals surface area contributed by atoms with Crippen LogP contribution in [0.2, 0.25) is 0 Å².